The first kappa shape index (κ1) is 28.4. The van der Waals surface area contributed by atoms with Crippen molar-refractivity contribution in [1.82, 2.24) is 15.3 Å². The zero-order valence-electron chi connectivity index (χ0n) is 22.5. The van der Waals surface area contributed by atoms with Gasteiger partial charge in [-0.3, -0.25) is 0 Å². The maximum atomic E-state index is 10.2. The number of nitrogens with one attached hydrogen (secondary N) is 1. The third kappa shape index (κ3) is 7.09. The molecule has 4 aromatic rings. The molecule has 0 spiro atoms. The van der Waals surface area contributed by atoms with E-state index in [1.54, 1.807) is 12.4 Å². The molecule has 4 rings (SSSR count). The molecule has 0 saturated carbocycles. The Labute approximate surface area is 245 Å². The van der Waals surface area contributed by atoms with E-state index in [2.05, 4.69) is 99.4 Å². The van der Waals surface area contributed by atoms with Gasteiger partial charge in [0.25, 0.3) is 0 Å². The molecular formula is C33H32IN5. The third-order valence-corrected chi connectivity index (χ3v) is 8.11. The molecule has 0 bridgehead atoms. The summed E-state index contributed by atoms with van der Waals surface area (Å²) in [5.74, 6) is 0.0893. The van der Waals surface area contributed by atoms with E-state index in [9.17, 15) is 10.5 Å². The summed E-state index contributed by atoms with van der Waals surface area (Å²) in [5, 5.41) is 23.6. The van der Waals surface area contributed by atoms with E-state index in [4.69, 9.17) is 0 Å². The highest BCUT2D eigenvalue weighted by Crippen LogP contribution is 2.37. The minimum Gasteiger partial charge on any atom is -0.305 e. The maximum Gasteiger partial charge on any atom is 0.115 e. The summed E-state index contributed by atoms with van der Waals surface area (Å²) in [6.45, 7) is 6.13. The van der Waals surface area contributed by atoms with E-state index in [0.29, 0.717) is 5.56 Å². The van der Waals surface area contributed by atoms with Crippen molar-refractivity contribution in [2.45, 2.75) is 49.6 Å². The lowest BCUT2D eigenvalue weighted by molar-refractivity contribution is 0.281. The topological polar surface area (TPSA) is 85.4 Å². The highest BCUT2D eigenvalue weighted by atomic mass is 127. The van der Waals surface area contributed by atoms with Gasteiger partial charge in [-0.25, -0.2) is 9.97 Å². The fourth-order valence-electron chi connectivity index (χ4n) is 4.95. The Hall–Kier alpha value is -3.59. The van der Waals surface area contributed by atoms with Crippen LogP contribution in [0.3, 0.4) is 0 Å². The molecule has 1 N–H and O–H groups in total. The second-order valence-corrected chi connectivity index (χ2v) is 11.2. The van der Waals surface area contributed by atoms with Crippen LogP contribution in [0.25, 0.3) is 11.1 Å². The van der Waals surface area contributed by atoms with Crippen LogP contribution in [0.1, 0.15) is 60.5 Å². The van der Waals surface area contributed by atoms with Crippen molar-refractivity contribution in [3.63, 3.8) is 0 Å². The Kier molecular flexibility index (Phi) is 9.45. The molecule has 0 aliphatic carbocycles. The number of hydrogen-bond donors (Lipinski definition) is 1. The van der Waals surface area contributed by atoms with E-state index >= 15 is 0 Å². The van der Waals surface area contributed by atoms with Crippen molar-refractivity contribution in [2.75, 3.05) is 0 Å². The fourth-order valence-corrected chi connectivity index (χ4v) is 5.46. The van der Waals surface area contributed by atoms with Crippen LogP contribution >= 0.6 is 22.6 Å². The first-order chi connectivity index (χ1) is 18.8. The largest absolute Gasteiger partial charge is 0.305 e. The number of alkyl halides is 1. The third-order valence-electron chi connectivity index (χ3n) is 7.23. The van der Waals surface area contributed by atoms with E-state index in [1.807, 2.05) is 44.2 Å². The highest BCUT2D eigenvalue weighted by molar-refractivity contribution is 14.1. The second kappa shape index (κ2) is 13.0. The average molecular weight is 626 g/mol. The van der Waals surface area contributed by atoms with Crippen LogP contribution < -0.4 is 5.32 Å². The van der Waals surface area contributed by atoms with Crippen molar-refractivity contribution in [1.29, 1.82) is 10.5 Å². The fraction of sp³-hybridized carbons (Fsp3) is 0.273. The first-order valence-corrected chi connectivity index (χ1v) is 14.5. The van der Waals surface area contributed by atoms with Crippen LogP contribution in [0.5, 0.6) is 0 Å². The van der Waals surface area contributed by atoms with Gasteiger partial charge < -0.3 is 5.32 Å². The summed E-state index contributed by atoms with van der Waals surface area (Å²) in [4.78, 5) is 8.34. The van der Waals surface area contributed by atoms with Gasteiger partial charge in [-0.1, -0.05) is 77.2 Å². The normalized spacial score (nSPS) is 13.6. The quantitative estimate of drug-likeness (QED) is 0.145. The number of halogens is 1. The molecule has 0 saturated heterocycles. The van der Waals surface area contributed by atoms with Gasteiger partial charge in [0.15, 0.2) is 0 Å². The second-order valence-electron chi connectivity index (χ2n) is 10.5. The molecule has 1 unspecified atom stereocenters. The van der Waals surface area contributed by atoms with Crippen molar-refractivity contribution < 1.29 is 0 Å². The molecule has 39 heavy (non-hydrogen) atoms. The van der Waals surface area contributed by atoms with Gasteiger partial charge in [-0.15, -0.1) is 0 Å². The van der Waals surface area contributed by atoms with Crippen LogP contribution in [-0.4, -0.2) is 16.0 Å². The van der Waals surface area contributed by atoms with Crippen LogP contribution in [0.2, 0.25) is 0 Å². The Morgan fingerprint density at radius 3 is 2.21 bits per heavy atom. The molecule has 1 heterocycles. The molecule has 0 amide bonds. The zero-order valence-corrected chi connectivity index (χ0v) is 24.6. The summed E-state index contributed by atoms with van der Waals surface area (Å²) in [5.41, 5.74) is 6.59. The number of benzene rings is 3. The molecule has 3 atom stereocenters. The van der Waals surface area contributed by atoms with Crippen molar-refractivity contribution in [2.24, 2.45) is 5.41 Å². The van der Waals surface area contributed by atoms with Crippen molar-refractivity contribution in [3.05, 3.63) is 119 Å². The van der Waals surface area contributed by atoms with Gasteiger partial charge in [0.05, 0.1) is 29.2 Å². The summed E-state index contributed by atoms with van der Waals surface area (Å²) >= 11 is 2.38. The number of aromatic nitrogens is 2. The standard InChI is InChI=1S/C33H32IN5/c1-23(31(28-8-4-6-26(14-28)18-35)15-24-10-12-25(17-34)13-11-24)39-32(33(2,3)21-36)29-9-5-7-27(16-29)30-19-37-22-38-20-30/h4-14,16,19-20,22-23,31-32,39H,15,17H2,1-3H3/t23-,31+,32?/m0/s1. The molecule has 1 aromatic heterocycles. The Morgan fingerprint density at radius 1 is 0.872 bits per heavy atom. The molecular weight excluding hydrogens is 593 g/mol. The molecule has 0 aliphatic heterocycles. The van der Waals surface area contributed by atoms with Gasteiger partial charge in [-0.2, -0.15) is 10.5 Å². The average Bonchev–Trinajstić information content (AvgIpc) is 2.99. The monoisotopic (exact) mass is 625 g/mol. The Balaban J connectivity index is 1.71. The molecule has 0 aliphatic rings. The predicted octanol–water partition coefficient (Wildman–Crippen LogP) is 7.55. The molecule has 0 fully saturated rings. The molecule has 3 aromatic carbocycles. The summed E-state index contributed by atoms with van der Waals surface area (Å²) in [6, 6.07) is 29.5. The van der Waals surface area contributed by atoms with Crippen LogP contribution in [0.4, 0.5) is 0 Å². The molecule has 5 nitrogen and oxygen atoms in total. The number of hydrogen-bond acceptors (Lipinski definition) is 5. The molecule has 196 valence electrons. The van der Waals surface area contributed by atoms with Gasteiger partial charge >= 0.3 is 0 Å². The minimum atomic E-state index is -0.680. The first-order valence-electron chi connectivity index (χ1n) is 13.0. The highest BCUT2D eigenvalue weighted by Gasteiger charge is 2.34. The summed E-state index contributed by atoms with van der Waals surface area (Å²) < 4.78 is 0.975. The SMILES string of the molecule is C[C@H](NC(c1cccc(-c2cncnc2)c1)C(C)(C)C#N)[C@@H](Cc1ccc(CI)cc1)c1cccc(C#N)c1. The van der Waals surface area contributed by atoms with E-state index in [1.165, 1.54) is 17.5 Å². The van der Waals surface area contributed by atoms with Gasteiger partial charge in [0, 0.05) is 34.3 Å². The minimum absolute atomic E-state index is 0.00420. The Bertz CT molecular complexity index is 1470. The van der Waals surface area contributed by atoms with Gasteiger partial charge in [0.2, 0.25) is 0 Å². The van der Waals surface area contributed by atoms with Crippen LogP contribution in [0.15, 0.2) is 91.5 Å². The van der Waals surface area contributed by atoms with E-state index in [0.717, 1.165) is 33.1 Å². The van der Waals surface area contributed by atoms with Crippen molar-refractivity contribution >= 4 is 22.6 Å². The molecule has 0 radical (unpaired) electrons. The lowest BCUT2D eigenvalue weighted by Crippen LogP contribution is -2.42. The lowest BCUT2D eigenvalue weighted by atomic mass is 9.79. The summed E-state index contributed by atoms with van der Waals surface area (Å²) in [6.07, 6.45) is 5.93. The molecule has 6 heteroatoms. The number of nitrogens with zero attached hydrogens (tertiary/aromatic N) is 4. The smallest absolute Gasteiger partial charge is 0.115 e. The number of nitriles is 2. The van der Waals surface area contributed by atoms with Gasteiger partial charge in [-0.05, 0) is 73.2 Å². The van der Waals surface area contributed by atoms with Crippen LogP contribution in [0, 0.1) is 28.1 Å². The van der Waals surface area contributed by atoms with E-state index < -0.39 is 5.41 Å². The van der Waals surface area contributed by atoms with Gasteiger partial charge in [0.1, 0.15) is 6.33 Å². The Morgan fingerprint density at radius 2 is 1.54 bits per heavy atom. The van der Waals surface area contributed by atoms with Crippen LogP contribution in [-0.2, 0) is 10.8 Å². The number of rotatable bonds is 10. The van der Waals surface area contributed by atoms with Crippen molar-refractivity contribution in [3.8, 4) is 23.3 Å². The lowest BCUT2D eigenvalue weighted by Gasteiger charge is -2.36. The maximum absolute atomic E-state index is 10.2. The zero-order chi connectivity index (χ0) is 27.8. The predicted molar refractivity (Wildman–Crippen MR) is 164 cm³/mol. The summed E-state index contributed by atoms with van der Waals surface area (Å²) in [7, 11) is 0. The van der Waals surface area contributed by atoms with E-state index in [-0.39, 0.29) is 18.0 Å².